The molecular weight excluding hydrogens is 402 g/mol. The molecule has 2 rings (SSSR count). The molecule has 0 heterocycles. The molecule has 10 heteroatoms. The number of carbonyl (C=O) groups excluding carboxylic acids is 1. The van der Waals surface area contributed by atoms with Gasteiger partial charge in [0, 0.05) is 18.6 Å². The van der Waals surface area contributed by atoms with Crippen molar-refractivity contribution >= 4 is 21.7 Å². The predicted octanol–water partition coefficient (Wildman–Crippen LogP) is 2.84. The number of benzene rings is 2. The van der Waals surface area contributed by atoms with Crippen LogP contribution < -0.4 is 28.4 Å². The highest BCUT2D eigenvalue weighted by molar-refractivity contribution is 7.87. The Hall–Kier alpha value is -3.14. The van der Waals surface area contributed by atoms with Gasteiger partial charge < -0.3 is 28.4 Å². The lowest BCUT2D eigenvalue weighted by Crippen LogP contribution is -2.13. The smallest absolute Gasteiger partial charge is 0.339 e. The summed E-state index contributed by atoms with van der Waals surface area (Å²) in [5, 5.41) is 2.60. The molecule has 0 aliphatic rings. The lowest BCUT2D eigenvalue weighted by atomic mass is 10.2. The molecule has 2 aromatic rings. The van der Waals surface area contributed by atoms with E-state index in [9.17, 15) is 13.2 Å². The van der Waals surface area contributed by atoms with Gasteiger partial charge in [0.15, 0.2) is 17.2 Å². The molecule has 0 fully saturated rings. The predicted molar refractivity (Wildman–Crippen MR) is 106 cm³/mol. The Morgan fingerprint density at radius 3 is 1.97 bits per heavy atom. The molecule has 29 heavy (non-hydrogen) atoms. The fourth-order valence-corrected chi connectivity index (χ4v) is 3.40. The first-order valence-corrected chi connectivity index (χ1v) is 9.92. The summed E-state index contributed by atoms with van der Waals surface area (Å²) in [6.45, 7) is 1.68. The summed E-state index contributed by atoms with van der Waals surface area (Å²) in [6.07, 6.45) is 0.224. The Morgan fingerprint density at radius 2 is 1.48 bits per heavy atom. The summed E-state index contributed by atoms with van der Waals surface area (Å²) in [6, 6.07) is 6.73. The zero-order valence-electron chi connectivity index (χ0n) is 16.8. The first-order valence-electron chi connectivity index (χ1n) is 8.52. The summed E-state index contributed by atoms with van der Waals surface area (Å²) in [5.74, 6) is 0.774. The zero-order chi connectivity index (χ0) is 21.6. The average molecular weight is 425 g/mol. The maximum atomic E-state index is 12.8. The third-order valence-corrected chi connectivity index (χ3v) is 5.14. The molecule has 0 unspecified atom stereocenters. The van der Waals surface area contributed by atoms with Gasteiger partial charge in [-0.05, 0) is 18.2 Å². The van der Waals surface area contributed by atoms with Gasteiger partial charge in [0.25, 0.3) is 0 Å². The van der Waals surface area contributed by atoms with E-state index in [0.29, 0.717) is 11.5 Å². The van der Waals surface area contributed by atoms with E-state index in [-0.39, 0.29) is 40.2 Å². The molecule has 1 amide bonds. The molecule has 0 saturated heterocycles. The molecule has 9 nitrogen and oxygen atoms in total. The summed E-state index contributed by atoms with van der Waals surface area (Å²) < 4.78 is 51.6. The van der Waals surface area contributed by atoms with E-state index in [4.69, 9.17) is 23.1 Å². The van der Waals surface area contributed by atoms with Crippen LogP contribution in [0.5, 0.6) is 28.7 Å². The number of anilines is 1. The first-order chi connectivity index (χ1) is 13.8. The highest BCUT2D eigenvalue weighted by atomic mass is 32.2. The van der Waals surface area contributed by atoms with Gasteiger partial charge in [-0.1, -0.05) is 6.92 Å². The summed E-state index contributed by atoms with van der Waals surface area (Å²) in [7, 11) is 1.42. The topological polar surface area (TPSA) is 109 Å². The van der Waals surface area contributed by atoms with Crippen molar-refractivity contribution in [3.63, 3.8) is 0 Å². The van der Waals surface area contributed by atoms with Crippen LogP contribution in [0.3, 0.4) is 0 Å². The lowest BCUT2D eigenvalue weighted by Gasteiger charge is -2.15. The number of ether oxygens (including phenoxy) is 4. The quantitative estimate of drug-likeness (QED) is 0.611. The second-order valence-electron chi connectivity index (χ2n) is 5.66. The second-order valence-corrected chi connectivity index (χ2v) is 7.21. The number of amides is 1. The average Bonchev–Trinajstić information content (AvgIpc) is 2.72. The molecule has 0 saturated carbocycles. The van der Waals surface area contributed by atoms with Crippen LogP contribution in [0.25, 0.3) is 0 Å². The maximum Gasteiger partial charge on any atom is 0.339 e. The Bertz CT molecular complexity index is 963. The van der Waals surface area contributed by atoms with Crippen LogP contribution in [0.15, 0.2) is 35.2 Å². The van der Waals surface area contributed by atoms with Gasteiger partial charge in [-0.3, -0.25) is 4.79 Å². The Labute approximate surface area is 169 Å². The molecule has 2 aromatic carbocycles. The van der Waals surface area contributed by atoms with Gasteiger partial charge in [-0.2, -0.15) is 8.42 Å². The first kappa shape index (κ1) is 22.2. The number of methoxy groups -OCH3 is 4. The van der Waals surface area contributed by atoms with Crippen molar-refractivity contribution < 1.29 is 36.3 Å². The fourth-order valence-electron chi connectivity index (χ4n) is 2.46. The van der Waals surface area contributed by atoms with E-state index < -0.39 is 10.1 Å². The molecular formula is C19H23NO8S. The van der Waals surface area contributed by atoms with Crippen LogP contribution in [0.2, 0.25) is 0 Å². The molecule has 0 radical (unpaired) electrons. The number of rotatable bonds is 9. The van der Waals surface area contributed by atoms with Crippen LogP contribution in [0.4, 0.5) is 5.69 Å². The monoisotopic (exact) mass is 425 g/mol. The molecule has 0 atom stereocenters. The molecule has 158 valence electrons. The van der Waals surface area contributed by atoms with Crippen molar-refractivity contribution in [2.24, 2.45) is 0 Å². The standard InChI is InChI=1S/C19H23NO8S/c1-6-18(21)20-14-11-13(7-8-15(14)24-2)29(22,23)28-12-9-16(25-3)19(27-5)17(10-12)26-4/h7-11H,6H2,1-5H3,(H,20,21). The van der Waals surface area contributed by atoms with E-state index in [1.165, 1.54) is 58.8 Å². The van der Waals surface area contributed by atoms with Crippen LogP contribution in [-0.4, -0.2) is 42.8 Å². The number of nitrogens with one attached hydrogen (secondary N) is 1. The van der Waals surface area contributed by atoms with Crippen molar-refractivity contribution in [2.45, 2.75) is 18.2 Å². The third-order valence-electron chi connectivity index (χ3n) is 3.90. The molecule has 0 aliphatic heterocycles. The van der Waals surface area contributed by atoms with E-state index in [1.807, 2.05) is 0 Å². The van der Waals surface area contributed by atoms with Crippen molar-refractivity contribution in [1.82, 2.24) is 0 Å². The number of carbonyl (C=O) groups is 1. The SMILES string of the molecule is CCC(=O)Nc1cc(S(=O)(=O)Oc2cc(OC)c(OC)c(OC)c2)ccc1OC. The van der Waals surface area contributed by atoms with E-state index in [1.54, 1.807) is 6.92 Å². The molecule has 0 aliphatic carbocycles. The normalized spacial score (nSPS) is 10.8. The molecule has 0 aromatic heterocycles. The van der Waals surface area contributed by atoms with Crippen LogP contribution >= 0.6 is 0 Å². The minimum atomic E-state index is -4.23. The highest BCUT2D eigenvalue weighted by Crippen LogP contribution is 2.41. The van der Waals surface area contributed by atoms with Gasteiger partial charge in [0.1, 0.15) is 10.6 Å². The van der Waals surface area contributed by atoms with Gasteiger partial charge in [-0.25, -0.2) is 0 Å². The van der Waals surface area contributed by atoms with Gasteiger partial charge in [0.2, 0.25) is 11.7 Å². The Morgan fingerprint density at radius 1 is 0.897 bits per heavy atom. The zero-order valence-corrected chi connectivity index (χ0v) is 17.6. The molecule has 1 N–H and O–H groups in total. The molecule has 0 bridgehead atoms. The minimum absolute atomic E-state index is 0.0329. The maximum absolute atomic E-state index is 12.8. The summed E-state index contributed by atoms with van der Waals surface area (Å²) >= 11 is 0. The van der Waals surface area contributed by atoms with Gasteiger partial charge in [-0.15, -0.1) is 0 Å². The van der Waals surface area contributed by atoms with Crippen molar-refractivity contribution in [2.75, 3.05) is 33.8 Å². The second kappa shape index (κ2) is 9.37. The van der Waals surface area contributed by atoms with Gasteiger partial charge >= 0.3 is 10.1 Å². The Kier molecular flexibility index (Phi) is 7.16. The van der Waals surface area contributed by atoms with Crippen molar-refractivity contribution in [3.05, 3.63) is 30.3 Å². The highest BCUT2D eigenvalue weighted by Gasteiger charge is 2.22. The minimum Gasteiger partial charge on any atom is -0.495 e. The number of hydrogen-bond donors (Lipinski definition) is 1. The lowest BCUT2D eigenvalue weighted by molar-refractivity contribution is -0.115. The summed E-state index contributed by atoms with van der Waals surface area (Å²) in [5.41, 5.74) is 0.217. The molecule has 0 spiro atoms. The van der Waals surface area contributed by atoms with Crippen molar-refractivity contribution in [1.29, 1.82) is 0 Å². The van der Waals surface area contributed by atoms with Crippen LogP contribution in [0.1, 0.15) is 13.3 Å². The third kappa shape index (κ3) is 5.02. The Balaban J connectivity index is 2.43. The van der Waals surface area contributed by atoms with Crippen LogP contribution in [0, 0.1) is 0 Å². The summed E-state index contributed by atoms with van der Waals surface area (Å²) in [4.78, 5) is 11.5. The van der Waals surface area contributed by atoms with Crippen LogP contribution in [-0.2, 0) is 14.9 Å². The van der Waals surface area contributed by atoms with E-state index in [0.717, 1.165) is 0 Å². The number of hydrogen-bond acceptors (Lipinski definition) is 8. The van der Waals surface area contributed by atoms with Crippen molar-refractivity contribution in [3.8, 4) is 28.7 Å². The fraction of sp³-hybridized carbons (Fsp3) is 0.316. The van der Waals surface area contributed by atoms with Gasteiger partial charge in [0.05, 0.1) is 34.1 Å². The van der Waals surface area contributed by atoms with E-state index >= 15 is 0 Å². The van der Waals surface area contributed by atoms with E-state index in [2.05, 4.69) is 5.32 Å². The largest absolute Gasteiger partial charge is 0.495 e.